The number of benzene rings is 2. The maximum atomic E-state index is 13.8. The van der Waals surface area contributed by atoms with Crippen LogP contribution in [0.15, 0.2) is 71.3 Å². The van der Waals surface area contributed by atoms with Crippen molar-refractivity contribution < 1.29 is 14.0 Å². The summed E-state index contributed by atoms with van der Waals surface area (Å²) in [6.45, 7) is 7.60. The van der Waals surface area contributed by atoms with Crippen LogP contribution in [-0.4, -0.2) is 17.4 Å². The number of amides is 2. The number of furan rings is 1. The van der Waals surface area contributed by atoms with E-state index in [1.807, 2.05) is 30.3 Å². The number of fused-ring (bicyclic) bond motifs is 1. The molecule has 2 fully saturated rings. The number of hydrogen-bond acceptors (Lipinski definition) is 3. The molecule has 3 atom stereocenters. The lowest BCUT2D eigenvalue weighted by Crippen LogP contribution is -2.45. The van der Waals surface area contributed by atoms with Crippen LogP contribution in [-0.2, 0) is 15.0 Å². The van der Waals surface area contributed by atoms with E-state index in [1.54, 1.807) is 19.1 Å². The van der Waals surface area contributed by atoms with Gasteiger partial charge in [-0.15, -0.1) is 0 Å². The minimum atomic E-state index is -1.56. The molecule has 1 aromatic heterocycles. The number of carbonyl (C=O) groups excluding carboxylic acids is 2. The molecule has 1 saturated heterocycles. The number of carbonyl (C=O) groups is 2. The molecule has 3 aromatic rings. The second-order valence-electron chi connectivity index (χ2n) is 7.63. The minimum Gasteiger partial charge on any atom is -0.468 e. The fraction of sp³-hybridized carbons (Fsp3) is 0.174. The van der Waals surface area contributed by atoms with E-state index >= 15 is 0 Å². The number of nitrogens with zero attached hydrogens (tertiary/aromatic N) is 2. The third kappa shape index (κ3) is 1.85. The van der Waals surface area contributed by atoms with Gasteiger partial charge >= 0.3 is 11.4 Å². The largest absolute Gasteiger partial charge is 0.468 e. The summed E-state index contributed by atoms with van der Waals surface area (Å²) in [7, 11) is 0. The van der Waals surface area contributed by atoms with Crippen LogP contribution in [0.1, 0.15) is 18.2 Å². The molecular weight excluding hydrogens is 423 g/mol. The van der Waals surface area contributed by atoms with Crippen LogP contribution in [0.4, 0.5) is 5.69 Å². The Morgan fingerprint density at radius 2 is 1.63 bits per heavy atom. The van der Waals surface area contributed by atoms with Crippen LogP contribution in [0.3, 0.4) is 0 Å². The molecule has 0 unspecified atom stereocenters. The molecule has 1 saturated carbocycles. The first kappa shape index (κ1) is 18.9. The Balaban J connectivity index is 1.77. The average Bonchev–Trinajstić information content (AvgIpc) is 3.03. The van der Waals surface area contributed by atoms with Crippen LogP contribution in [0.5, 0.6) is 0 Å². The molecule has 2 amide bonds. The lowest BCUT2D eigenvalue weighted by molar-refractivity contribution is -0.125. The van der Waals surface area contributed by atoms with Gasteiger partial charge in [-0.25, -0.2) is 4.90 Å². The molecule has 0 spiro atoms. The maximum Gasteiger partial charge on any atom is 0.390 e. The van der Waals surface area contributed by atoms with Crippen molar-refractivity contribution in [3.63, 3.8) is 0 Å². The molecule has 0 N–H and O–H groups in total. The van der Waals surface area contributed by atoms with Crippen molar-refractivity contribution in [3.05, 3.63) is 93.1 Å². The third-order valence-electron chi connectivity index (χ3n) is 6.49. The Kier molecular flexibility index (Phi) is 3.77. The molecule has 2 aromatic carbocycles. The van der Waals surface area contributed by atoms with E-state index in [4.69, 9.17) is 34.2 Å². The number of imide groups is 1. The quantitative estimate of drug-likeness (QED) is 0.531. The van der Waals surface area contributed by atoms with Crippen molar-refractivity contribution >= 4 is 40.7 Å². The van der Waals surface area contributed by atoms with Crippen LogP contribution >= 0.6 is 23.2 Å². The van der Waals surface area contributed by atoms with Gasteiger partial charge in [0, 0.05) is 10.0 Å². The molecule has 1 aliphatic carbocycles. The molecule has 7 heteroatoms. The summed E-state index contributed by atoms with van der Waals surface area (Å²) < 4.78 is 5.74. The van der Waals surface area contributed by atoms with Gasteiger partial charge in [-0.1, -0.05) is 58.4 Å². The molecule has 5 nitrogen and oxygen atoms in total. The van der Waals surface area contributed by atoms with Gasteiger partial charge in [-0.05, 0) is 42.8 Å². The van der Waals surface area contributed by atoms with E-state index in [2.05, 4.69) is 4.85 Å². The zero-order chi connectivity index (χ0) is 21.3. The third-order valence-corrected chi connectivity index (χ3v) is 6.93. The summed E-state index contributed by atoms with van der Waals surface area (Å²) in [6.07, 6.45) is 1.51. The fourth-order valence-electron chi connectivity index (χ4n) is 5.29. The summed E-state index contributed by atoms with van der Waals surface area (Å²) >= 11 is 12.2. The van der Waals surface area contributed by atoms with Gasteiger partial charge in [0.25, 0.3) is 12.5 Å². The highest BCUT2D eigenvalue weighted by Crippen LogP contribution is 2.81. The minimum absolute atomic E-state index is 0.278. The van der Waals surface area contributed by atoms with E-state index in [-0.39, 0.29) is 5.69 Å². The van der Waals surface area contributed by atoms with E-state index in [0.717, 1.165) is 10.5 Å². The van der Waals surface area contributed by atoms with Gasteiger partial charge < -0.3 is 4.42 Å². The lowest BCUT2D eigenvalue weighted by Gasteiger charge is -2.25. The van der Waals surface area contributed by atoms with Crippen LogP contribution in [0.2, 0.25) is 10.0 Å². The highest BCUT2D eigenvalue weighted by molar-refractivity contribution is 6.38. The number of hydrogen-bond donors (Lipinski definition) is 0. The summed E-state index contributed by atoms with van der Waals surface area (Å²) in [5.41, 5.74) is -3.01. The van der Waals surface area contributed by atoms with E-state index in [1.165, 1.54) is 24.5 Å². The lowest BCUT2D eigenvalue weighted by atomic mass is 9.82. The second kappa shape index (κ2) is 5.98. The molecule has 30 heavy (non-hydrogen) atoms. The van der Waals surface area contributed by atoms with Crippen molar-refractivity contribution in [2.45, 2.75) is 17.9 Å². The van der Waals surface area contributed by atoms with Crippen molar-refractivity contribution in [1.29, 1.82) is 0 Å². The van der Waals surface area contributed by atoms with Crippen LogP contribution in [0.25, 0.3) is 4.85 Å². The van der Waals surface area contributed by atoms with Gasteiger partial charge in [0.1, 0.15) is 5.76 Å². The monoisotopic (exact) mass is 437 g/mol. The molecule has 0 radical (unpaired) electrons. The first-order chi connectivity index (χ1) is 14.4. The topological polar surface area (TPSA) is 54.9 Å². The molecule has 1 aliphatic heterocycles. The zero-order valence-corrected chi connectivity index (χ0v) is 17.3. The van der Waals surface area contributed by atoms with E-state index in [0.29, 0.717) is 15.8 Å². The van der Waals surface area contributed by atoms with Crippen molar-refractivity contribution in [3.8, 4) is 6.57 Å². The van der Waals surface area contributed by atoms with Gasteiger partial charge in [0.05, 0.1) is 12.0 Å². The predicted molar refractivity (Wildman–Crippen MR) is 114 cm³/mol. The Labute approximate surface area is 182 Å². The zero-order valence-electron chi connectivity index (χ0n) is 15.8. The summed E-state index contributed by atoms with van der Waals surface area (Å²) in [6, 6.07) is 17.2. The molecular formula is C23H15Cl2N2O3+. The number of piperidine rings is 1. The molecule has 0 bridgehead atoms. The van der Waals surface area contributed by atoms with Gasteiger partial charge in [0.15, 0.2) is 10.8 Å². The Hall–Kier alpha value is -3.07. The number of halogens is 2. The van der Waals surface area contributed by atoms with Crippen molar-refractivity contribution in [1.82, 2.24) is 0 Å². The first-order valence-electron chi connectivity index (χ1n) is 9.23. The van der Waals surface area contributed by atoms with Crippen LogP contribution in [0, 0.1) is 12.0 Å². The van der Waals surface area contributed by atoms with Crippen LogP contribution < -0.4 is 4.90 Å². The number of anilines is 1. The predicted octanol–water partition coefficient (Wildman–Crippen LogP) is 5.17. The molecule has 2 aliphatic rings. The second-order valence-corrected chi connectivity index (χ2v) is 8.50. The molecule has 148 valence electrons. The SMILES string of the molecule is C#[N+][C@@]12C(=O)N(c3cc(Cl)cc(Cl)c3)C(=O)[C@]1(C)[C@@]2(c1ccccc1)c1ccco1. The van der Waals surface area contributed by atoms with E-state index < -0.39 is 28.2 Å². The standard InChI is InChI=1S/C23H15Cl2N2O3/c1-21-19(28)27(17-12-15(24)11-16(25)13-17)20(29)23(21,26-2)22(21,18-9-6-10-30-18)14-7-4-3-5-8-14/h2-13H,1H3/q+1/t21-,22-,23+/m1/s1. The summed E-state index contributed by atoms with van der Waals surface area (Å²) in [5, 5.41) is 0.617. The first-order valence-corrected chi connectivity index (χ1v) is 9.98. The van der Waals surface area contributed by atoms with E-state index in [9.17, 15) is 9.59 Å². The fourth-order valence-corrected chi connectivity index (χ4v) is 5.81. The number of rotatable bonds is 3. The van der Waals surface area contributed by atoms with Gasteiger partial charge in [0.2, 0.25) is 0 Å². The van der Waals surface area contributed by atoms with Crippen molar-refractivity contribution in [2.24, 2.45) is 5.41 Å². The Morgan fingerprint density at radius 3 is 2.17 bits per heavy atom. The molecule has 2 heterocycles. The maximum absolute atomic E-state index is 13.8. The Bertz CT molecular complexity index is 1230. The Morgan fingerprint density at radius 1 is 0.967 bits per heavy atom. The summed E-state index contributed by atoms with van der Waals surface area (Å²) in [5.74, 6) is -0.535. The molecule has 5 rings (SSSR count). The van der Waals surface area contributed by atoms with Gasteiger partial charge in [-0.3, -0.25) is 9.59 Å². The van der Waals surface area contributed by atoms with Gasteiger partial charge in [-0.2, -0.15) is 0 Å². The van der Waals surface area contributed by atoms with Crippen molar-refractivity contribution in [2.75, 3.05) is 4.90 Å². The smallest absolute Gasteiger partial charge is 0.390 e. The normalized spacial score (nSPS) is 29.6. The average molecular weight is 438 g/mol. The highest BCUT2D eigenvalue weighted by Gasteiger charge is 3.08. The summed E-state index contributed by atoms with van der Waals surface area (Å²) in [4.78, 5) is 32.8. The highest BCUT2D eigenvalue weighted by atomic mass is 35.5.